The van der Waals surface area contributed by atoms with Crippen molar-refractivity contribution in [1.82, 2.24) is 9.88 Å². The van der Waals surface area contributed by atoms with Crippen molar-refractivity contribution in [1.29, 1.82) is 0 Å². The Morgan fingerprint density at radius 3 is 2.76 bits per heavy atom. The molecule has 0 bridgehead atoms. The van der Waals surface area contributed by atoms with E-state index in [1.807, 2.05) is 37.1 Å². The molecule has 4 heteroatoms. The van der Waals surface area contributed by atoms with E-state index in [0.29, 0.717) is 19.5 Å². The van der Waals surface area contributed by atoms with E-state index in [9.17, 15) is 4.79 Å². The SMILES string of the molecule is C[C@@H]1CN(C(=O)CCc2c[nH]c3ccccc23)C[C@H](C)O1. The van der Waals surface area contributed by atoms with Crippen LogP contribution in [0.5, 0.6) is 0 Å². The van der Waals surface area contributed by atoms with Gasteiger partial charge in [0.15, 0.2) is 0 Å². The first-order valence-electron chi connectivity index (χ1n) is 7.61. The number of para-hydroxylation sites is 1. The molecule has 0 aliphatic carbocycles. The zero-order valence-electron chi connectivity index (χ0n) is 12.6. The van der Waals surface area contributed by atoms with E-state index in [1.54, 1.807) is 0 Å². The van der Waals surface area contributed by atoms with Crippen LogP contribution in [-0.2, 0) is 16.0 Å². The summed E-state index contributed by atoms with van der Waals surface area (Å²) in [6.45, 7) is 5.46. The molecule has 1 aromatic carbocycles. The maximum absolute atomic E-state index is 12.4. The van der Waals surface area contributed by atoms with Crippen molar-refractivity contribution < 1.29 is 9.53 Å². The summed E-state index contributed by atoms with van der Waals surface area (Å²) in [4.78, 5) is 17.6. The van der Waals surface area contributed by atoms with Gasteiger partial charge in [0.25, 0.3) is 0 Å². The van der Waals surface area contributed by atoms with E-state index < -0.39 is 0 Å². The third kappa shape index (κ3) is 3.10. The molecule has 1 aliphatic heterocycles. The molecule has 112 valence electrons. The molecule has 0 unspecified atom stereocenters. The van der Waals surface area contributed by atoms with Gasteiger partial charge in [0.2, 0.25) is 5.91 Å². The minimum absolute atomic E-state index is 0.130. The second-order valence-corrected chi connectivity index (χ2v) is 5.92. The van der Waals surface area contributed by atoms with Crippen LogP contribution >= 0.6 is 0 Å². The zero-order valence-corrected chi connectivity index (χ0v) is 12.6. The van der Waals surface area contributed by atoms with Crippen molar-refractivity contribution in [3.05, 3.63) is 36.0 Å². The van der Waals surface area contributed by atoms with Gasteiger partial charge in [0, 0.05) is 36.6 Å². The van der Waals surface area contributed by atoms with Gasteiger partial charge >= 0.3 is 0 Å². The summed E-state index contributed by atoms with van der Waals surface area (Å²) in [5, 5.41) is 1.22. The van der Waals surface area contributed by atoms with Crippen molar-refractivity contribution in [3.63, 3.8) is 0 Å². The molecule has 1 N–H and O–H groups in total. The van der Waals surface area contributed by atoms with E-state index in [1.165, 1.54) is 10.9 Å². The Morgan fingerprint density at radius 1 is 1.29 bits per heavy atom. The molecule has 1 aliphatic rings. The molecule has 1 aromatic heterocycles. The van der Waals surface area contributed by atoms with Gasteiger partial charge in [0.05, 0.1) is 12.2 Å². The maximum atomic E-state index is 12.4. The number of fused-ring (bicyclic) bond motifs is 1. The number of benzene rings is 1. The van der Waals surface area contributed by atoms with E-state index in [0.717, 1.165) is 11.9 Å². The zero-order chi connectivity index (χ0) is 14.8. The van der Waals surface area contributed by atoms with Gasteiger partial charge in [-0.2, -0.15) is 0 Å². The third-order valence-electron chi connectivity index (χ3n) is 4.06. The summed E-state index contributed by atoms with van der Waals surface area (Å²) in [5.41, 5.74) is 2.35. The van der Waals surface area contributed by atoms with Gasteiger partial charge in [-0.15, -0.1) is 0 Å². The largest absolute Gasteiger partial charge is 0.372 e. The number of carbonyl (C=O) groups is 1. The Hall–Kier alpha value is -1.81. The van der Waals surface area contributed by atoms with Crippen molar-refractivity contribution in [3.8, 4) is 0 Å². The highest BCUT2D eigenvalue weighted by Gasteiger charge is 2.25. The Kier molecular flexibility index (Phi) is 3.97. The number of aromatic nitrogens is 1. The van der Waals surface area contributed by atoms with Crippen molar-refractivity contribution in [2.24, 2.45) is 0 Å². The Morgan fingerprint density at radius 2 is 2.00 bits per heavy atom. The number of hydrogen-bond donors (Lipinski definition) is 1. The monoisotopic (exact) mass is 286 g/mol. The van der Waals surface area contributed by atoms with E-state index >= 15 is 0 Å². The molecule has 3 rings (SSSR count). The quantitative estimate of drug-likeness (QED) is 0.943. The lowest BCUT2D eigenvalue weighted by atomic mass is 10.1. The minimum Gasteiger partial charge on any atom is -0.372 e. The van der Waals surface area contributed by atoms with Crippen LogP contribution in [0.25, 0.3) is 10.9 Å². The topological polar surface area (TPSA) is 45.3 Å². The van der Waals surface area contributed by atoms with Crippen LogP contribution in [0.15, 0.2) is 30.5 Å². The standard InChI is InChI=1S/C17H22N2O2/c1-12-10-19(11-13(2)21-12)17(20)8-7-14-9-18-16-6-4-3-5-15(14)16/h3-6,9,12-13,18H,7-8,10-11H2,1-2H3/t12-,13+. The number of nitrogens with zero attached hydrogens (tertiary/aromatic N) is 1. The van der Waals surface area contributed by atoms with Crippen LogP contribution in [0, 0.1) is 0 Å². The van der Waals surface area contributed by atoms with Crippen LogP contribution in [0.4, 0.5) is 0 Å². The highest BCUT2D eigenvalue weighted by molar-refractivity contribution is 5.84. The van der Waals surface area contributed by atoms with E-state index in [4.69, 9.17) is 4.74 Å². The molecule has 0 radical (unpaired) electrons. The molecule has 1 saturated heterocycles. The first kappa shape index (κ1) is 14.1. The molecule has 1 amide bonds. The molecular formula is C17H22N2O2. The van der Waals surface area contributed by atoms with Gasteiger partial charge < -0.3 is 14.6 Å². The number of carbonyl (C=O) groups excluding carboxylic acids is 1. The predicted octanol–water partition coefficient (Wildman–Crippen LogP) is 2.74. The second-order valence-electron chi connectivity index (χ2n) is 5.92. The highest BCUT2D eigenvalue weighted by atomic mass is 16.5. The summed E-state index contributed by atoms with van der Waals surface area (Å²) in [6.07, 6.45) is 3.61. The third-order valence-corrected chi connectivity index (χ3v) is 4.06. The summed E-state index contributed by atoms with van der Waals surface area (Å²) >= 11 is 0. The molecule has 0 spiro atoms. The van der Waals surface area contributed by atoms with Gasteiger partial charge in [-0.05, 0) is 31.9 Å². The number of H-pyrrole nitrogens is 1. The van der Waals surface area contributed by atoms with Crippen molar-refractivity contribution in [2.45, 2.75) is 38.9 Å². The van der Waals surface area contributed by atoms with Crippen LogP contribution in [0.3, 0.4) is 0 Å². The summed E-state index contributed by atoms with van der Waals surface area (Å²) in [6, 6.07) is 8.22. The van der Waals surface area contributed by atoms with Crippen molar-refractivity contribution >= 4 is 16.8 Å². The molecule has 2 atom stereocenters. The number of nitrogens with one attached hydrogen (secondary N) is 1. The van der Waals surface area contributed by atoms with Crippen LogP contribution in [0.1, 0.15) is 25.8 Å². The van der Waals surface area contributed by atoms with Crippen LogP contribution in [0.2, 0.25) is 0 Å². The molecule has 21 heavy (non-hydrogen) atoms. The molecule has 2 aromatic rings. The van der Waals surface area contributed by atoms with Gasteiger partial charge in [-0.3, -0.25) is 4.79 Å². The normalized spacial score (nSPS) is 22.7. The number of aromatic amines is 1. The lowest BCUT2D eigenvalue weighted by molar-refractivity contribution is -0.143. The minimum atomic E-state index is 0.130. The molecule has 0 saturated carbocycles. The molecule has 1 fully saturated rings. The molecular weight excluding hydrogens is 264 g/mol. The number of amides is 1. The number of aryl methyl sites for hydroxylation is 1. The van der Waals surface area contributed by atoms with Gasteiger partial charge in [0.1, 0.15) is 0 Å². The second kappa shape index (κ2) is 5.90. The molecule has 2 heterocycles. The average molecular weight is 286 g/mol. The number of morpholine rings is 1. The number of ether oxygens (including phenoxy) is 1. The fraction of sp³-hybridized carbons (Fsp3) is 0.471. The smallest absolute Gasteiger partial charge is 0.223 e. The van der Waals surface area contributed by atoms with Crippen LogP contribution in [-0.4, -0.2) is 41.1 Å². The molecule has 4 nitrogen and oxygen atoms in total. The fourth-order valence-corrected chi connectivity index (χ4v) is 3.12. The Bertz CT molecular complexity index is 625. The summed E-state index contributed by atoms with van der Waals surface area (Å²) < 4.78 is 5.68. The van der Waals surface area contributed by atoms with Gasteiger partial charge in [-0.25, -0.2) is 0 Å². The Balaban J connectivity index is 1.63. The van der Waals surface area contributed by atoms with Crippen LogP contribution < -0.4 is 0 Å². The van der Waals surface area contributed by atoms with Crippen molar-refractivity contribution in [2.75, 3.05) is 13.1 Å². The predicted molar refractivity (Wildman–Crippen MR) is 83.2 cm³/mol. The lowest BCUT2D eigenvalue weighted by Crippen LogP contribution is -2.48. The van der Waals surface area contributed by atoms with E-state index in [-0.39, 0.29) is 18.1 Å². The summed E-state index contributed by atoms with van der Waals surface area (Å²) in [5.74, 6) is 0.224. The maximum Gasteiger partial charge on any atom is 0.223 e. The first-order valence-corrected chi connectivity index (χ1v) is 7.61. The van der Waals surface area contributed by atoms with E-state index in [2.05, 4.69) is 17.1 Å². The summed E-state index contributed by atoms with van der Waals surface area (Å²) in [7, 11) is 0. The highest BCUT2D eigenvalue weighted by Crippen LogP contribution is 2.20. The average Bonchev–Trinajstić information content (AvgIpc) is 2.87. The lowest BCUT2D eigenvalue weighted by Gasteiger charge is -2.35. The Labute approximate surface area is 125 Å². The number of hydrogen-bond acceptors (Lipinski definition) is 2. The first-order chi connectivity index (χ1) is 10.1. The van der Waals surface area contributed by atoms with Gasteiger partial charge in [-0.1, -0.05) is 18.2 Å². The number of rotatable bonds is 3. The fourth-order valence-electron chi connectivity index (χ4n) is 3.12.